The minimum atomic E-state index is -0.586. The molecule has 0 N–H and O–H groups in total. The normalized spacial score (nSPS) is 21.5. The van der Waals surface area contributed by atoms with Gasteiger partial charge >= 0.3 is 0 Å². The highest BCUT2D eigenvalue weighted by Crippen LogP contribution is 2.40. The molecule has 0 spiro atoms. The summed E-state index contributed by atoms with van der Waals surface area (Å²) in [5, 5.41) is 4.34. The molecular weight excluding hydrogens is 437 g/mol. The van der Waals surface area contributed by atoms with E-state index < -0.39 is 6.04 Å². The maximum Gasteiger partial charge on any atom is 0.186 e. The second kappa shape index (κ2) is 10.1. The Morgan fingerprint density at radius 1 is 1.23 bits per heavy atom. The molecule has 1 aliphatic heterocycles. The van der Waals surface area contributed by atoms with Gasteiger partial charge in [-0.05, 0) is 43.0 Å². The first-order chi connectivity index (χ1) is 14.4. The molecule has 0 bridgehead atoms. The van der Waals surface area contributed by atoms with Crippen molar-refractivity contribution in [1.82, 2.24) is 14.7 Å². The van der Waals surface area contributed by atoms with Gasteiger partial charge in [-0.3, -0.25) is 19.2 Å². The summed E-state index contributed by atoms with van der Waals surface area (Å²) in [6.07, 6.45) is 6.30. The summed E-state index contributed by atoms with van der Waals surface area (Å²) in [4.78, 5) is 27.1. The second-order valence-electron chi connectivity index (χ2n) is 8.06. The van der Waals surface area contributed by atoms with Gasteiger partial charge in [0.15, 0.2) is 10.9 Å². The van der Waals surface area contributed by atoms with Gasteiger partial charge in [0.1, 0.15) is 5.82 Å². The van der Waals surface area contributed by atoms with Crippen molar-refractivity contribution < 1.29 is 14.0 Å². The molecule has 1 aromatic carbocycles. The van der Waals surface area contributed by atoms with Crippen LogP contribution in [0.1, 0.15) is 43.5 Å². The first-order valence-electron chi connectivity index (χ1n) is 10.3. The topological polar surface area (TPSA) is 55.2 Å². The molecule has 2 aromatic rings. The predicted octanol–water partition coefficient (Wildman–Crippen LogP) is 4.44. The number of likely N-dealkylation sites (tertiary alicyclic amines) is 1. The number of aromatic nitrogens is 2. The van der Waals surface area contributed by atoms with E-state index in [-0.39, 0.29) is 40.3 Å². The zero-order valence-electron chi connectivity index (χ0n) is 17.7. The van der Waals surface area contributed by atoms with Crippen LogP contribution in [-0.4, -0.2) is 43.9 Å². The maximum absolute atomic E-state index is 14.7. The Morgan fingerprint density at radius 3 is 2.58 bits per heavy atom. The fraction of sp³-hybridized carbons (Fsp3) is 0.435. The van der Waals surface area contributed by atoms with Gasteiger partial charge < -0.3 is 0 Å². The summed E-state index contributed by atoms with van der Waals surface area (Å²) in [5.74, 6) is -0.199. The summed E-state index contributed by atoms with van der Waals surface area (Å²) in [6, 6.07) is 7.92. The number of piperidine rings is 1. The first kappa shape index (κ1) is 23.7. The van der Waals surface area contributed by atoms with Crippen LogP contribution in [0.5, 0.6) is 0 Å². The van der Waals surface area contributed by atoms with Gasteiger partial charge in [0.25, 0.3) is 0 Å². The maximum atomic E-state index is 14.7. The lowest BCUT2D eigenvalue weighted by Crippen LogP contribution is -2.43. The number of halogens is 2. The fourth-order valence-corrected chi connectivity index (χ4v) is 5.03. The van der Waals surface area contributed by atoms with Gasteiger partial charge in [-0.2, -0.15) is 5.10 Å². The molecule has 31 heavy (non-hydrogen) atoms. The van der Waals surface area contributed by atoms with E-state index in [0.717, 1.165) is 30.5 Å². The molecule has 1 aliphatic carbocycles. The van der Waals surface area contributed by atoms with Crippen LogP contribution in [0.2, 0.25) is 0 Å². The molecule has 0 amide bonds. The standard InChI is InChI=1S/C23H26FN3O2S.ClH/c1-15(28)30-21-10-12-27(14-17(21)13-18-9-11-25-26(18)2)22(23(29)16-7-8-16)19-5-3-4-6-20(19)24;/h3-6,9,11,13,16,21-22H,7-8,10,12,14H2,1-2H3;1H. The summed E-state index contributed by atoms with van der Waals surface area (Å²) in [5.41, 5.74) is 2.46. The second-order valence-corrected chi connectivity index (χ2v) is 9.44. The van der Waals surface area contributed by atoms with E-state index in [0.29, 0.717) is 18.7 Å². The van der Waals surface area contributed by atoms with Crippen LogP contribution < -0.4 is 0 Å². The Labute approximate surface area is 192 Å². The van der Waals surface area contributed by atoms with E-state index in [4.69, 9.17) is 0 Å². The Hall–Kier alpha value is -1.96. The predicted molar refractivity (Wildman–Crippen MR) is 124 cm³/mol. The van der Waals surface area contributed by atoms with Crippen LogP contribution in [0.15, 0.2) is 42.1 Å². The number of nitrogens with zero attached hydrogens (tertiary/aromatic N) is 3. The number of carbonyl (C=O) groups excluding carboxylic acids is 2. The number of rotatable bonds is 6. The van der Waals surface area contributed by atoms with E-state index in [1.54, 1.807) is 36.0 Å². The molecular formula is C23H27ClFN3O2S. The Bertz CT molecular complexity index is 989. The third-order valence-corrected chi connectivity index (χ3v) is 6.95. The molecule has 2 heterocycles. The number of carbonyl (C=O) groups is 2. The molecule has 5 nitrogen and oxygen atoms in total. The summed E-state index contributed by atoms with van der Waals surface area (Å²) in [6.45, 7) is 2.75. The molecule has 8 heteroatoms. The Balaban J connectivity index is 0.00000272. The zero-order chi connectivity index (χ0) is 21.3. The van der Waals surface area contributed by atoms with Crippen molar-refractivity contribution in [2.75, 3.05) is 13.1 Å². The van der Waals surface area contributed by atoms with E-state index in [2.05, 4.69) is 16.1 Å². The number of aryl methyl sites for hydroxylation is 1. The van der Waals surface area contributed by atoms with Gasteiger partial charge in [-0.1, -0.05) is 30.0 Å². The van der Waals surface area contributed by atoms with Crippen molar-refractivity contribution in [2.45, 2.75) is 37.5 Å². The average molecular weight is 464 g/mol. The highest BCUT2D eigenvalue weighted by molar-refractivity contribution is 8.14. The van der Waals surface area contributed by atoms with Crippen LogP contribution in [0.4, 0.5) is 4.39 Å². The summed E-state index contributed by atoms with van der Waals surface area (Å²) >= 11 is 1.33. The van der Waals surface area contributed by atoms with Gasteiger partial charge in [0.2, 0.25) is 0 Å². The Kier molecular flexibility index (Phi) is 7.73. The number of benzene rings is 1. The smallest absolute Gasteiger partial charge is 0.186 e. The molecule has 0 radical (unpaired) electrons. The highest BCUT2D eigenvalue weighted by Gasteiger charge is 2.41. The van der Waals surface area contributed by atoms with Crippen molar-refractivity contribution >= 4 is 41.1 Å². The van der Waals surface area contributed by atoms with Crippen LogP contribution in [0.3, 0.4) is 0 Å². The SMILES string of the molecule is CC(=O)SC1CCN(C(C(=O)C2CC2)c2ccccc2F)CC1=Cc1ccnn1C.Cl. The third-order valence-electron chi connectivity index (χ3n) is 5.79. The molecule has 166 valence electrons. The van der Waals surface area contributed by atoms with Crippen LogP contribution in [0, 0.1) is 11.7 Å². The number of hydrogen-bond donors (Lipinski definition) is 0. The van der Waals surface area contributed by atoms with Crippen LogP contribution >= 0.6 is 24.2 Å². The van der Waals surface area contributed by atoms with Gasteiger partial charge in [0.05, 0.1) is 11.7 Å². The molecule has 2 aliphatic rings. The van der Waals surface area contributed by atoms with Crippen molar-refractivity contribution in [3.05, 3.63) is 59.2 Å². The van der Waals surface area contributed by atoms with Crippen molar-refractivity contribution in [1.29, 1.82) is 0 Å². The van der Waals surface area contributed by atoms with Gasteiger partial charge in [-0.15, -0.1) is 12.4 Å². The first-order valence-corrected chi connectivity index (χ1v) is 11.2. The summed E-state index contributed by atoms with van der Waals surface area (Å²) in [7, 11) is 1.87. The lowest BCUT2D eigenvalue weighted by molar-refractivity contribution is -0.126. The molecule has 2 unspecified atom stereocenters. The molecule has 1 aromatic heterocycles. The zero-order valence-corrected chi connectivity index (χ0v) is 19.3. The molecule has 4 rings (SSSR count). The third kappa shape index (κ3) is 5.45. The molecule has 1 saturated heterocycles. The highest BCUT2D eigenvalue weighted by atomic mass is 35.5. The number of Topliss-reactive ketones (excluding diaryl/α,β-unsaturated/α-hetero) is 1. The molecule has 2 fully saturated rings. The van der Waals surface area contributed by atoms with Gasteiger partial charge in [0, 0.05) is 50.0 Å². The van der Waals surface area contributed by atoms with Crippen molar-refractivity contribution in [3.8, 4) is 0 Å². The van der Waals surface area contributed by atoms with Crippen molar-refractivity contribution in [2.24, 2.45) is 13.0 Å². The van der Waals surface area contributed by atoms with E-state index in [1.165, 1.54) is 17.8 Å². The quantitative estimate of drug-likeness (QED) is 0.634. The number of thioether (sulfide) groups is 1. The largest absolute Gasteiger partial charge is 0.297 e. The van der Waals surface area contributed by atoms with Crippen molar-refractivity contribution in [3.63, 3.8) is 0 Å². The summed E-state index contributed by atoms with van der Waals surface area (Å²) < 4.78 is 16.5. The van der Waals surface area contributed by atoms with Crippen LogP contribution in [-0.2, 0) is 16.6 Å². The average Bonchev–Trinajstić information content (AvgIpc) is 3.48. The van der Waals surface area contributed by atoms with E-state index in [9.17, 15) is 14.0 Å². The lowest BCUT2D eigenvalue weighted by Gasteiger charge is -2.38. The number of ketones is 1. The van der Waals surface area contributed by atoms with E-state index in [1.807, 2.05) is 13.1 Å². The fourth-order valence-electron chi connectivity index (χ4n) is 4.11. The molecule has 2 atom stereocenters. The monoisotopic (exact) mass is 463 g/mol. The Morgan fingerprint density at radius 2 is 1.97 bits per heavy atom. The minimum Gasteiger partial charge on any atom is -0.297 e. The lowest BCUT2D eigenvalue weighted by atomic mass is 9.93. The van der Waals surface area contributed by atoms with Gasteiger partial charge in [-0.25, -0.2) is 4.39 Å². The minimum absolute atomic E-state index is 0. The number of hydrogen-bond acceptors (Lipinski definition) is 5. The molecule has 1 saturated carbocycles. The van der Waals surface area contributed by atoms with E-state index >= 15 is 0 Å². The van der Waals surface area contributed by atoms with Crippen LogP contribution in [0.25, 0.3) is 6.08 Å².